The van der Waals surface area contributed by atoms with Gasteiger partial charge in [0.05, 0.1) is 36.4 Å². The Morgan fingerprint density at radius 3 is 2.50 bits per heavy atom. The van der Waals surface area contributed by atoms with Crippen molar-refractivity contribution in [2.24, 2.45) is 5.41 Å². The molecule has 0 radical (unpaired) electrons. The Hall–Kier alpha value is -5.30. The van der Waals surface area contributed by atoms with Crippen LogP contribution in [0, 0.1) is 5.41 Å². The molecule has 12 heteroatoms. The van der Waals surface area contributed by atoms with Crippen LogP contribution in [0.1, 0.15) is 24.1 Å². The first-order chi connectivity index (χ1) is 24.4. The number of rotatable bonds is 11. The standard InChI is InChI=1S/C38H40N8O4/c1-49-23-31-20-29(10-16-39-31)35-32-21-30(8-9-33(32)43-44-35)42-37(48)38(25-50-2)13-19-45(24-38)22-34(47)46-17-11-27(12-18-46)26-4-6-28(7-5-26)36-40-14-3-15-41-36/h3-11,14-16,20-21H,12-13,17-19,22-25H2,1-2H3,(H,42,48)(H,43,44)/t38-/m1/s1. The topological polar surface area (TPSA) is 138 Å². The Balaban J connectivity index is 0.977. The average molecular weight is 673 g/mol. The van der Waals surface area contributed by atoms with Crippen LogP contribution in [0.2, 0.25) is 0 Å². The van der Waals surface area contributed by atoms with E-state index >= 15 is 0 Å². The van der Waals surface area contributed by atoms with Crippen molar-refractivity contribution in [3.63, 3.8) is 0 Å². The number of hydrogen-bond acceptors (Lipinski definition) is 9. The molecule has 256 valence electrons. The first-order valence-corrected chi connectivity index (χ1v) is 16.7. The number of aromatic nitrogens is 5. The molecule has 2 N–H and O–H groups in total. The van der Waals surface area contributed by atoms with E-state index in [1.165, 1.54) is 5.57 Å². The van der Waals surface area contributed by atoms with Crippen LogP contribution in [-0.2, 0) is 25.7 Å². The highest BCUT2D eigenvalue weighted by Crippen LogP contribution is 2.34. The van der Waals surface area contributed by atoms with Crippen LogP contribution in [-0.4, -0.2) is 100 Å². The zero-order valence-electron chi connectivity index (χ0n) is 28.3. The predicted molar refractivity (Wildman–Crippen MR) is 191 cm³/mol. The van der Waals surface area contributed by atoms with Gasteiger partial charge in [-0.1, -0.05) is 30.3 Å². The van der Waals surface area contributed by atoms with Crippen molar-refractivity contribution in [1.29, 1.82) is 0 Å². The largest absolute Gasteiger partial charge is 0.384 e. The molecule has 2 aliphatic heterocycles. The highest BCUT2D eigenvalue weighted by molar-refractivity contribution is 6.00. The SMILES string of the molecule is COCc1cc(-c2n[nH]c3ccc(NC(=O)[C@]4(COC)CCN(CC(=O)N5CC=C(c6ccc(-c7ncccn7)cc6)CC5)C4)cc23)ccn1. The number of anilines is 1. The van der Waals surface area contributed by atoms with Gasteiger partial charge in [-0.15, -0.1) is 0 Å². The fraction of sp³-hybridized carbons (Fsp3) is 0.316. The smallest absolute Gasteiger partial charge is 0.237 e. The Morgan fingerprint density at radius 1 is 0.920 bits per heavy atom. The van der Waals surface area contributed by atoms with E-state index in [9.17, 15) is 9.59 Å². The van der Waals surface area contributed by atoms with Gasteiger partial charge in [-0.2, -0.15) is 5.10 Å². The van der Waals surface area contributed by atoms with Crippen molar-refractivity contribution in [3.8, 4) is 22.6 Å². The third-order valence-corrected chi connectivity index (χ3v) is 9.54. The summed E-state index contributed by atoms with van der Waals surface area (Å²) in [5.74, 6) is 0.638. The number of carbonyl (C=O) groups is 2. The number of likely N-dealkylation sites (tertiary alicyclic amines) is 1. The molecule has 0 aliphatic carbocycles. The number of hydrogen-bond donors (Lipinski definition) is 2. The van der Waals surface area contributed by atoms with Crippen LogP contribution in [0.25, 0.3) is 39.1 Å². The van der Waals surface area contributed by atoms with Gasteiger partial charge in [0.2, 0.25) is 11.8 Å². The second kappa shape index (κ2) is 14.7. The highest BCUT2D eigenvalue weighted by Gasteiger charge is 2.45. The van der Waals surface area contributed by atoms with Gasteiger partial charge >= 0.3 is 0 Å². The molecule has 1 saturated heterocycles. The van der Waals surface area contributed by atoms with Crippen molar-refractivity contribution in [2.45, 2.75) is 19.4 Å². The summed E-state index contributed by atoms with van der Waals surface area (Å²) in [5, 5.41) is 11.7. The van der Waals surface area contributed by atoms with Gasteiger partial charge in [-0.25, -0.2) is 9.97 Å². The summed E-state index contributed by atoms with van der Waals surface area (Å²) in [5.41, 5.74) is 6.56. The van der Waals surface area contributed by atoms with E-state index in [2.05, 4.69) is 53.6 Å². The van der Waals surface area contributed by atoms with E-state index in [1.54, 1.807) is 38.9 Å². The lowest BCUT2D eigenvalue weighted by Gasteiger charge is -2.30. The number of fused-ring (bicyclic) bond motifs is 1. The molecule has 2 aromatic carbocycles. The molecule has 2 amide bonds. The number of amides is 2. The molecule has 2 aliphatic rings. The minimum Gasteiger partial charge on any atom is -0.384 e. The molecular weight excluding hydrogens is 632 g/mol. The van der Waals surface area contributed by atoms with Crippen molar-refractivity contribution in [2.75, 3.05) is 58.9 Å². The third kappa shape index (κ3) is 7.04. The van der Waals surface area contributed by atoms with Gasteiger partial charge in [0.25, 0.3) is 0 Å². The minimum atomic E-state index is -0.782. The number of methoxy groups -OCH3 is 2. The van der Waals surface area contributed by atoms with Crippen molar-refractivity contribution in [3.05, 3.63) is 96.6 Å². The molecule has 7 rings (SSSR count). The maximum absolute atomic E-state index is 13.9. The molecule has 12 nitrogen and oxygen atoms in total. The maximum Gasteiger partial charge on any atom is 0.237 e. The normalized spacial score (nSPS) is 18.0. The zero-order valence-corrected chi connectivity index (χ0v) is 28.3. The molecule has 5 aromatic rings. The van der Waals surface area contributed by atoms with Gasteiger partial charge in [0.1, 0.15) is 5.69 Å². The lowest BCUT2D eigenvalue weighted by Crippen LogP contribution is -2.45. The van der Waals surface area contributed by atoms with Gasteiger partial charge in [0.15, 0.2) is 5.82 Å². The minimum absolute atomic E-state index is 0.0632. The van der Waals surface area contributed by atoms with Crippen molar-refractivity contribution >= 4 is 34.0 Å². The van der Waals surface area contributed by atoms with E-state index in [4.69, 9.17) is 9.47 Å². The summed E-state index contributed by atoms with van der Waals surface area (Å²) in [6, 6.07) is 19.6. The summed E-state index contributed by atoms with van der Waals surface area (Å²) in [6.45, 7) is 3.19. The molecule has 50 heavy (non-hydrogen) atoms. The summed E-state index contributed by atoms with van der Waals surface area (Å²) < 4.78 is 10.8. The lowest BCUT2D eigenvalue weighted by atomic mass is 9.87. The number of ether oxygens (including phenoxy) is 2. The number of nitrogens with one attached hydrogen (secondary N) is 2. The number of H-pyrrole nitrogens is 1. The summed E-state index contributed by atoms with van der Waals surface area (Å²) in [7, 11) is 3.25. The Morgan fingerprint density at radius 2 is 1.74 bits per heavy atom. The Bertz CT molecular complexity index is 2010. The monoisotopic (exact) mass is 672 g/mol. The first kappa shape index (κ1) is 33.2. The molecule has 3 aromatic heterocycles. The van der Waals surface area contributed by atoms with Crippen LogP contribution < -0.4 is 5.32 Å². The van der Waals surface area contributed by atoms with E-state index in [0.29, 0.717) is 50.7 Å². The highest BCUT2D eigenvalue weighted by atomic mass is 16.5. The molecule has 0 unspecified atom stereocenters. The van der Waals surface area contributed by atoms with Gasteiger partial charge in [0, 0.05) is 74.6 Å². The Labute approximate surface area is 290 Å². The van der Waals surface area contributed by atoms with Gasteiger partial charge in [-0.3, -0.25) is 24.6 Å². The van der Waals surface area contributed by atoms with Gasteiger partial charge in [-0.05, 0) is 66.9 Å². The molecule has 0 saturated carbocycles. The lowest BCUT2D eigenvalue weighted by molar-refractivity contribution is -0.133. The molecule has 0 bridgehead atoms. The fourth-order valence-corrected chi connectivity index (χ4v) is 6.90. The zero-order chi connectivity index (χ0) is 34.5. The molecular formula is C38H40N8O4. The predicted octanol–water partition coefficient (Wildman–Crippen LogP) is 4.82. The van der Waals surface area contributed by atoms with Crippen LogP contribution >= 0.6 is 0 Å². The average Bonchev–Trinajstić information content (AvgIpc) is 3.77. The molecule has 1 fully saturated rings. The number of benzene rings is 2. The summed E-state index contributed by atoms with van der Waals surface area (Å²) >= 11 is 0. The Kier molecular flexibility index (Phi) is 9.74. The summed E-state index contributed by atoms with van der Waals surface area (Å²) in [4.78, 5) is 44.3. The second-order valence-corrected chi connectivity index (χ2v) is 12.9. The van der Waals surface area contributed by atoms with Crippen molar-refractivity contribution < 1.29 is 19.1 Å². The molecule has 1 atom stereocenters. The van der Waals surface area contributed by atoms with Gasteiger partial charge < -0.3 is 19.7 Å². The number of pyridine rings is 1. The van der Waals surface area contributed by atoms with Crippen LogP contribution in [0.15, 0.2) is 85.3 Å². The van der Waals surface area contributed by atoms with Crippen LogP contribution in [0.5, 0.6) is 0 Å². The fourth-order valence-electron chi connectivity index (χ4n) is 6.90. The quantitative estimate of drug-likeness (QED) is 0.202. The molecule has 5 heterocycles. The van der Waals surface area contributed by atoms with E-state index < -0.39 is 5.41 Å². The second-order valence-electron chi connectivity index (χ2n) is 12.9. The summed E-state index contributed by atoms with van der Waals surface area (Å²) in [6.07, 6.45) is 8.72. The van der Waals surface area contributed by atoms with Crippen molar-refractivity contribution in [1.82, 2.24) is 34.9 Å². The van der Waals surface area contributed by atoms with Crippen LogP contribution in [0.3, 0.4) is 0 Å². The van der Waals surface area contributed by atoms with E-state index in [1.807, 2.05) is 47.4 Å². The number of carbonyl (C=O) groups excluding carboxylic acids is 2. The maximum atomic E-state index is 13.9. The molecule has 0 spiro atoms. The van der Waals surface area contributed by atoms with Crippen LogP contribution in [0.4, 0.5) is 5.69 Å². The van der Waals surface area contributed by atoms with E-state index in [0.717, 1.165) is 45.4 Å². The number of nitrogens with zero attached hydrogens (tertiary/aromatic N) is 6. The number of aromatic amines is 1. The third-order valence-electron chi connectivity index (χ3n) is 9.54. The first-order valence-electron chi connectivity index (χ1n) is 16.7. The van der Waals surface area contributed by atoms with E-state index in [-0.39, 0.29) is 25.0 Å².